The van der Waals surface area contributed by atoms with Gasteiger partial charge in [0.15, 0.2) is 0 Å². The lowest BCUT2D eigenvalue weighted by Crippen LogP contribution is -2.49. The van der Waals surface area contributed by atoms with Crippen LogP contribution in [-0.2, 0) is 4.79 Å². The topological polar surface area (TPSA) is 67.6 Å². The maximum atomic E-state index is 12.6. The molecule has 0 saturated carbocycles. The van der Waals surface area contributed by atoms with Gasteiger partial charge in [-0.25, -0.2) is 0 Å². The second-order valence-electron chi connectivity index (χ2n) is 7.31. The van der Waals surface area contributed by atoms with Crippen LogP contribution in [0, 0.1) is 13.8 Å². The van der Waals surface area contributed by atoms with Gasteiger partial charge in [0, 0.05) is 11.4 Å². The molecule has 0 unspecified atom stereocenters. The molecule has 0 saturated heterocycles. The van der Waals surface area contributed by atoms with Crippen LogP contribution in [0.25, 0.3) is 0 Å². The molecule has 5 heteroatoms. The molecule has 1 amide bonds. The van der Waals surface area contributed by atoms with Gasteiger partial charge in [-0.3, -0.25) is 4.79 Å². The average Bonchev–Trinajstić information content (AvgIpc) is 2.51. The summed E-state index contributed by atoms with van der Waals surface area (Å²) in [6.45, 7) is 8.89. The van der Waals surface area contributed by atoms with Crippen molar-refractivity contribution in [3.8, 4) is 5.75 Å². The van der Waals surface area contributed by atoms with Crippen LogP contribution in [-0.4, -0.2) is 24.6 Å². The molecule has 0 aliphatic carbocycles. The molecule has 3 rings (SSSR count). The predicted molar refractivity (Wildman–Crippen MR) is 102 cm³/mol. The SMILES string of the molecule is Cc1ccc(C)c(NC(=O)CN2CC(C)(C)Oc3ccc(N)cc32)c1. The molecule has 2 aromatic rings. The molecule has 0 aromatic heterocycles. The maximum absolute atomic E-state index is 12.6. The molecule has 0 atom stereocenters. The number of rotatable bonds is 3. The molecule has 1 heterocycles. The Bertz CT molecular complexity index is 815. The minimum atomic E-state index is -0.372. The van der Waals surface area contributed by atoms with E-state index in [0.29, 0.717) is 12.2 Å². The lowest BCUT2D eigenvalue weighted by atomic mass is 10.0. The molecular formula is C20H25N3O2. The van der Waals surface area contributed by atoms with E-state index in [2.05, 4.69) is 5.32 Å². The number of aryl methyl sites for hydroxylation is 2. The summed E-state index contributed by atoms with van der Waals surface area (Å²) in [5, 5.41) is 3.02. The van der Waals surface area contributed by atoms with Gasteiger partial charge in [-0.15, -0.1) is 0 Å². The normalized spacial score (nSPS) is 15.3. The predicted octanol–water partition coefficient (Wildman–Crippen LogP) is 3.50. The highest BCUT2D eigenvalue weighted by atomic mass is 16.5. The number of hydrogen-bond acceptors (Lipinski definition) is 4. The number of carbonyl (C=O) groups is 1. The van der Waals surface area contributed by atoms with Crippen molar-refractivity contribution in [3.63, 3.8) is 0 Å². The Balaban J connectivity index is 1.81. The van der Waals surface area contributed by atoms with E-state index in [1.165, 1.54) is 0 Å². The molecule has 0 spiro atoms. The first-order chi connectivity index (χ1) is 11.7. The first-order valence-electron chi connectivity index (χ1n) is 8.44. The van der Waals surface area contributed by atoms with E-state index in [0.717, 1.165) is 28.3 Å². The van der Waals surface area contributed by atoms with Crippen molar-refractivity contribution in [2.45, 2.75) is 33.3 Å². The fourth-order valence-corrected chi connectivity index (χ4v) is 3.12. The maximum Gasteiger partial charge on any atom is 0.243 e. The zero-order valence-corrected chi connectivity index (χ0v) is 15.2. The number of fused-ring (bicyclic) bond motifs is 1. The monoisotopic (exact) mass is 339 g/mol. The molecular weight excluding hydrogens is 314 g/mol. The van der Waals surface area contributed by atoms with Crippen molar-refractivity contribution in [3.05, 3.63) is 47.5 Å². The number of benzene rings is 2. The van der Waals surface area contributed by atoms with E-state index >= 15 is 0 Å². The van der Waals surface area contributed by atoms with Crippen molar-refractivity contribution in [1.29, 1.82) is 0 Å². The number of nitrogens with zero attached hydrogens (tertiary/aromatic N) is 1. The number of nitrogen functional groups attached to an aromatic ring is 1. The standard InChI is InChI=1S/C20H25N3O2/c1-13-5-6-14(2)16(9-13)22-19(24)11-23-12-20(3,4)25-18-8-7-15(21)10-17(18)23/h5-10H,11-12,21H2,1-4H3,(H,22,24). The molecule has 25 heavy (non-hydrogen) atoms. The largest absolute Gasteiger partial charge is 0.484 e. The third-order valence-corrected chi connectivity index (χ3v) is 4.28. The van der Waals surface area contributed by atoms with E-state index in [9.17, 15) is 4.79 Å². The van der Waals surface area contributed by atoms with Crippen molar-refractivity contribution in [1.82, 2.24) is 0 Å². The van der Waals surface area contributed by atoms with E-state index < -0.39 is 0 Å². The van der Waals surface area contributed by atoms with E-state index in [-0.39, 0.29) is 18.1 Å². The second-order valence-corrected chi connectivity index (χ2v) is 7.31. The fraction of sp³-hybridized carbons (Fsp3) is 0.350. The molecule has 3 N–H and O–H groups in total. The lowest BCUT2D eigenvalue weighted by Gasteiger charge is -2.40. The van der Waals surface area contributed by atoms with Crippen LogP contribution < -0.4 is 20.7 Å². The van der Waals surface area contributed by atoms with Crippen LogP contribution in [0.2, 0.25) is 0 Å². The van der Waals surface area contributed by atoms with Crippen molar-refractivity contribution >= 4 is 23.0 Å². The van der Waals surface area contributed by atoms with Crippen LogP contribution in [0.5, 0.6) is 5.75 Å². The summed E-state index contributed by atoms with van der Waals surface area (Å²) < 4.78 is 6.01. The van der Waals surface area contributed by atoms with Gasteiger partial charge in [0.1, 0.15) is 11.4 Å². The van der Waals surface area contributed by atoms with Crippen molar-refractivity contribution in [2.75, 3.05) is 29.0 Å². The van der Waals surface area contributed by atoms with E-state index in [4.69, 9.17) is 10.5 Å². The van der Waals surface area contributed by atoms with Gasteiger partial charge < -0.3 is 20.7 Å². The van der Waals surface area contributed by atoms with E-state index in [1.807, 2.05) is 69.0 Å². The smallest absolute Gasteiger partial charge is 0.243 e. The minimum absolute atomic E-state index is 0.0558. The van der Waals surface area contributed by atoms with Gasteiger partial charge in [0.05, 0.1) is 18.8 Å². The summed E-state index contributed by atoms with van der Waals surface area (Å²) >= 11 is 0. The summed E-state index contributed by atoms with van der Waals surface area (Å²) in [7, 11) is 0. The summed E-state index contributed by atoms with van der Waals surface area (Å²) in [5.74, 6) is 0.699. The number of nitrogens with two attached hydrogens (primary N) is 1. The van der Waals surface area contributed by atoms with Gasteiger partial charge in [-0.05, 0) is 63.1 Å². The molecule has 1 aliphatic heterocycles. The highest BCUT2D eigenvalue weighted by Gasteiger charge is 2.32. The quantitative estimate of drug-likeness (QED) is 0.840. The van der Waals surface area contributed by atoms with Gasteiger partial charge in [-0.1, -0.05) is 12.1 Å². The first kappa shape index (κ1) is 17.1. The van der Waals surface area contributed by atoms with Crippen LogP contribution in [0.3, 0.4) is 0 Å². The summed E-state index contributed by atoms with van der Waals surface area (Å²) in [6, 6.07) is 11.6. The highest BCUT2D eigenvalue weighted by Crippen LogP contribution is 2.38. The van der Waals surface area contributed by atoms with Crippen LogP contribution in [0.4, 0.5) is 17.1 Å². The molecule has 5 nitrogen and oxygen atoms in total. The third kappa shape index (κ3) is 3.87. The summed E-state index contributed by atoms with van der Waals surface area (Å²) in [4.78, 5) is 14.6. The molecule has 132 valence electrons. The molecule has 0 bridgehead atoms. The van der Waals surface area contributed by atoms with Gasteiger partial charge in [0.2, 0.25) is 5.91 Å². The van der Waals surface area contributed by atoms with Crippen LogP contribution in [0.15, 0.2) is 36.4 Å². The first-order valence-corrected chi connectivity index (χ1v) is 8.44. The Morgan fingerprint density at radius 2 is 2.00 bits per heavy atom. The van der Waals surface area contributed by atoms with E-state index in [1.54, 1.807) is 0 Å². The lowest BCUT2D eigenvalue weighted by molar-refractivity contribution is -0.115. The van der Waals surface area contributed by atoms with Crippen molar-refractivity contribution in [2.24, 2.45) is 0 Å². The average molecular weight is 339 g/mol. The Morgan fingerprint density at radius 3 is 2.76 bits per heavy atom. The summed E-state index contributed by atoms with van der Waals surface area (Å²) in [5.41, 5.74) is 10.1. The highest BCUT2D eigenvalue weighted by molar-refractivity contribution is 5.95. The number of anilines is 3. The number of ether oxygens (including phenoxy) is 1. The summed E-state index contributed by atoms with van der Waals surface area (Å²) in [6.07, 6.45) is 0. The zero-order valence-electron chi connectivity index (χ0n) is 15.2. The second kappa shape index (κ2) is 6.31. The number of carbonyl (C=O) groups excluding carboxylic acids is 1. The van der Waals surface area contributed by atoms with Crippen LogP contribution in [0.1, 0.15) is 25.0 Å². The fourth-order valence-electron chi connectivity index (χ4n) is 3.12. The molecule has 1 aliphatic rings. The van der Waals surface area contributed by atoms with Crippen LogP contribution >= 0.6 is 0 Å². The number of hydrogen-bond donors (Lipinski definition) is 2. The van der Waals surface area contributed by atoms with Gasteiger partial charge in [-0.2, -0.15) is 0 Å². The molecule has 0 radical (unpaired) electrons. The molecule has 2 aromatic carbocycles. The minimum Gasteiger partial charge on any atom is -0.484 e. The van der Waals surface area contributed by atoms with Crippen molar-refractivity contribution < 1.29 is 9.53 Å². The Labute approximate surface area is 148 Å². The third-order valence-electron chi connectivity index (χ3n) is 4.28. The zero-order chi connectivity index (χ0) is 18.2. The van der Waals surface area contributed by atoms with Gasteiger partial charge in [0.25, 0.3) is 0 Å². The van der Waals surface area contributed by atoms with Gasteiger partial charge >= 0.3 is 0 Å². The Hall–Kier alpha value is -2.69. The Morgan fingerprint density at radius 1 is 1.24 bits per heavy atom. The number of amides is 1. The Kier molecular flexibility index (Phi) is 4.33. The molecule has 0 fully saturated rings. The number of nitrogens with one attached hydrogen (secondary N) is 1.